The van der Waals surface area contributed by atoms with Gasteiger partial charge in [-0.1, -0.05) is 11.8 Å². The van der Waals surface area contributed by atoms with E-state index < -0.39 is 11.2 Å². The number of carbonyl (C=O) groups is 1. The fraction of sp³-hybridized carbons (Fsp3) is 0.250. The Morgan fingerprint density at radius 2 is 2.43 bits per heavy atom. The number of halogens is 1. The Morgan fingerprint density at radius 1 is 1.71 bits per heavy atom. The number of carboxylic acids is 1. The van der Waals surface area contributed by atoms with Crippen molar-refractivity contribution in [3.8, 4) is 0 Å². The first-order chi connectivity index (χ1) is 6.63. The second-order valence-corrected chi connectivity index (χ2v) is 4.63. The zero-order chi connectivity index (χ0) is 10.6. The van der Waals surface area contributed by atoms with Crippen molar-refractivity contribution in [1.29, 1.82) is 0 Å². The molecular formula is C8H9BrN2O2S. The summed E-state index contributed by atoms with van der Waals surface area (Å²) in [7, 11) is 0. The standard InChI is InChI=1S/C8H9BrN2O2S/c9-5-1-2-7(11-4-5)14-6(3-10)8(12)13/h1-2,4,6H,3,10H2,(H,12,13). The summed E-state index contributed by atoms with van der Waals surface area (Å²) in [6, 6.07) is 3.56. The predicted octanol–water partition coefficient (Wildman–Crippen LogP) is 1.35. The van der Waals surface area contributed by atoms with E-state index in [1.54, 1.807) is 12.3 Å². The molecular weight excluding hydrogens is 268 g/mol. The molecule has 0 aliphatic heterocycles. The van der Waals surface area contributed by atoms with Crippen LogP contribution in [-0.4, -0.2) is 27.9 Å². The zero-order valence-corrected chi connectivity index (χ0v) is 9.59. The summed E-state index contributed by atoms with van der Waals surface area (Å²) in [6.45, 7) is 0.0950. The van der Waals surface area contributed by atoms with Gasteiger partial charge < -0.3 is 10.8 Å². The number of hydrogen-bond donors (Lipinski definition) is 2. The molecule has 0 aromatic carbocycles. The van der Waals surface area contributed by atoms with Crippen LogP contribution in [0, 0.1) is 0 Å². The summed E-state index contributed by atoms with van der Waals surface area (Å²) in [5.41, 5.74) is 5.31. The molecule has 1 rings (SSSR count). The van der Waals surface area contributed by atoms with Gasteiger partial charge in [0.15, 0.2) is 0 Å². The average Bonchev–Trinajstić information content (AvgIpc) is 2.16. The van der Waals surface area contributed by atoms with Crippen molar-refractivity contribution >= 4 is 33.7 Å². The van der Waals surface area contributed by atoms with Crippen LogP contribution in [0.2, 0.25) is 0 Å². The van der Waals surface area contributed by atoms with Crippen molar-refractivity contribution in [2.45, 2.75) is 10.3 Å². The highest BCUT2D eigenvalue weighted by Crippen LogP contribution is 2.21. The fourth-order valence-corrected chi connectivity index (χ4v) is 1.76. The quantitative estimate of drug-likeness (QED) is 0.812. The summed E-state index contributed by atoms with van der Waals surface area (Å²) in [4.78, 5) is 14.7. The molecule has 1 aromatic rings. The largest absolute Gasteiger partial charge is 0.480 e. The molecule has 1 unspecified atom stereocenters. The monoisotopic (exact) mass is 276 g/mol. The van der Waals surface area contributed by atoms with E-state index in [-0.39, 0.29) is 6.54 Å². The number of carboxylic acid groups (broad SMARTS) is 1. The molecule has 0 amide bonds. The highest BCUT2D eigenvalue weighted by atomic mass is 79.9. The van der Waals surface area contributed by atoms with Gasteiger partial charge in [-0.15, -0.1) is 0 Å². The molecule has 3 N–H and O–H groups in total. The third-order valence-corrected chi connectivity index (χ3v) is 3.08. The summed E-state index contributed by atoms with van der Waals surface area (Å²) in [6.07, 6.45) is 1.62. The van der Waals surface area contributed by atoms with Crippen LogP contribution in [0.3, 0.4) is 0 Å². The van der Waals surface area contributed by atoms with Crippen LogP contribution in [0.1, 0.15) is 0 Å². The van der Waals surface area contributed by atoms with Gasteiger partial charge in [0.2, 0.25) is 0 Å². The van der Waals surface area contributed by atoms with E-state index in [1.807, 2.05) is 6.07 Å². The Bertz CT molecular complexity index is 318. The van der Waals surface area contributed by atoms with E-state index in [0.717, 1.165) is 16.2 Å². The summed E-state index contributed by atoms with van der Waals surface area (Å²) >= 11 is 4.39. The van der Waals surface area contributed by atoms with Crippen molar-refractivity contribution in [2.75, 3.05) is 6.54 Å². The number of aromatic nitrogens is 1. The van der Waals surface area contributed by atoms with E-state index in [9.17, 15) is 4.79 Å². The zero-order valence-electron chi connectivity index (χ0n) is 7.18. The maximum absolute atomic E-state index is 10.7. The van der Waals surface area contributed by atoms with Crippen LogP contribution in [0.15, 0.2) is 27.8 Å². The first kappa shape index (κ1) is 11.5. The Hall–Kier alpha value is -0.590. The van der Waals surface area contributed by atoms with E-state index in [4.69, 9.17) is 10.8 Å². The van der Waals surface area contributed by atoms with Crippen molar-refractivity contribution in [3.05, 3.63) is 22.8 Å². The maximum atomic E-state index is 10.7. The van der Waals surface area contributed by atoms with Crippen molar-refractivity contribution < 1.29 is 9.90 Å². The Morgan fingerprint density at radius 3 is 2.86 bits per heavy atom. The van der Waals surface area contributed by atoms with Gasteiger partial charge in [0.1, 0.15) is 5.25 Å². The molecule has 1 atom stereocenters. The van der Waals surface area contributed by atoms with Gasteiger partial charge in [0, 0.05) is 17.2 Å². The molecule has 1 heterocycles. The molecule has 6 heteroatoms. The van der Waals surface area contributed by atoms with Crippen molar-refractivity contribution in [2.24, 2.45) is 5.73 Å². The Labute approximate surface area is 94.0 Å². The molecule has 0 aliphatic rings. The Balaban J connectivity index is 2.67. The lowest BCUT2D eigenvalue weighted by Gasteiger charge is -2.07. The number of aliphatic carboxylic acids is 1. The molecule has 76 valence electrons. The highest BCUT2D eigenvalue weighted by Gasteiger charge is 2.17. The van der Waals surface area contributed by atoms with Crippen molar-refractivity contribution in [1.82, 2.24) is 4.98 Å². The summed E-state index contributed by atoms with van der Waals surface area (Å²) in [5, 5.41) is 8.77. The predicted molar refractivity (Wildman–Crippen MR) is 58.3 cm³/mol. The topological polar surface area (TPSA) is 76.2 Å². The third-order valence-electron chi connectivity index (χ3n) is 1.45. The molecule has 0 spiro atoms. The second kappa shape index (κ2) is 5.33. The van der Waals surface area contributed by atoms with Crippen LogP contribution in [0.4, 0.5) is 0 Å². The molecule has 0 radical (unpaired) electrons. The van der Waals surface area contributed by atoms with Gasteiger partial charge in [-0.05, 0) is 28.1 Å². The number of rotatable bonds is 4. The molecule has 0 saturated carbocycles. The van der Waals surface area contributed by atoms with Gasteiger partial charge in [-0.2, -0.15) is 0 Å². The van der Waals surface area contributed by atoms with E-state index in [1.165, 1.54) is 0 Å². The number of pyridine rings is 1. The van der Waals surface area contributed by atoms with Crippen LogP contribution >= 0.6 is 27.7 Å². The molecule has 4 nitrogen and oxygen atoms in total. The minimum absolute atomic E-state index is 0.0950. The lowest BCUT2D eigenvalue weighted by atomic mass is 10.4. The lowest BCUT2D eigenvalue weighted by Crippen LogP contribution is -2.25. The smallest absolute Gasteiger partial charge is 0.318 e. The third kappa shape index (κ3) is 3.28. The van der Waals surface area contributed by atoms with Gasteiger partial charge in [0.05, 0.1) is 5.03 Å². The number of hydrogen-bond acceptors (Lipinski definition) is 4. The minimum Gasteiger partial charge on any atom is -0.480 e. The van der Waals surface area contributed by atoms with Gasteiger partial charge in [-0.25, -0.2) is 4.98 Å². The first-order valence-corrected chi connectivity index (χ1v) is 5.52. The summed E-state index contributed by atoms with van der Waals surface area (Å²) in [5.74, 6) is -0.915. The normalized spacial score (nSPS) is 12.4. The Kier molecular flexibility index (Phi) is 4.37. The first-order valence-electron chi connectivity index (χ1n) is 3.84. The molecule has 0 saturated heterocycles. The van der Waals surface area contributed by atoms with E-state index in [2.05, 4.69) is 20.9 Å². The van der Waals surface area contributed by atoms with Gasteiger partial charge in [0.25, 0.3) is 0 Å². The summed E-state index contributed by atoms with van der Waals surface area (Å²) < 4.78 is 0.862. The molecule has 1 aromatic heterocycles. The van der Waals surface area contributed by atoms with E-state index >= 15 is 0 Å². The number of nitrogens with zero attached hydrogens (tertiary/aromatic N) is 1. The molecule has 0 aliphatic carbocycles. The number of thioether (sulfide) groups is 1. The van der Waals surface area contributed by atoms with Gasteiger partial charge in [-0.3, -0.25) is 4.79 Å². The van der Waals surface area contributed by atoms with Crippen LogP contribution in [0.25, 0.3) is 0 Å². The van der Waals surface area contributed by atoms with Crippen LogP contribution in [0.5, 0.6) is 0 Å². The van der Waals surface area contributed by atoms with Crippen LogP contribution in [-0.2, 0) is 4.79 Å². The SMILES string of the molecule is NCC(Sc1ccc(Br)cn1)C(=O)O. The van der Waals surface area contributed by atoms with Crippen LogP contribution < -0.4 is 5.73 Å². The molecule has 0 fully saturated rings. The van der Waals surface area contributed by atoms with Crippen molar-refractivity contribution in [3.63, 3.8) is 0 Å². The highest BCUT2D eigenvalue weighted by molar-refractivity contribution is 9.10. The van der Waals surface area contributed by atoms with E-state index in [0.29, 0.717) is 5.03 Å². The number of nitrogens with two attached hydrogens (primary N) is 1. The minimum atomic E-state index is -0.915. The second-order valence-electron chi connectivity index (χ2n) is 2.50. The fourth-order valence-electron chi connectivity index (χ4n) is 0.777. The molecule has 0 bridgehead atoms. The average molecular weight is 277 g/mol. The van der Waals surface area contributed by atoms with Gasteiger partial charge >= 0.3 is 5.97 Å². The maximum Gasteiger partial charge on any atom is 0.318 e. The lowest BCUT2D eigenvalue weighted by molar-refractivity contribution is -0.136. The molecule has 14 heavy (non-hydrogen) atoms.